The normalized spacial score (nSPS) is 25.3. The molecule has 5 heteroatoms. The van der Waals surface area contributed by atoms with E-state index in [0.29, 0.717) is 25.8 Å². The Hall–Kier alpha value is -0.200. The Kier molecular flexibility index (Phi) is 5.59. The van der Waals surface area contributed by atoms with Crippen molar-refractivity contribution in [2.75, 3.05) is 40.0 Å². The zero-order chi connectivity index (χ0) is 13.7. The number of ether oxygens (including phenoxy) is 3. The molecule has 1 saturated carbocycles. The minimum atomic E-state index is -0.403. The maximum atomic E-state index is 9.87. The zero-order valence-electron chi connectivity index (χ0n) is 12.1. The zero-order valence-corrected chi connectivity index (χ0v) is 12.1. The van der Waals surface area contributed by atoms with Gasteiger partial charge in [-0.1, -0.05) is 0 Å². The topological polar surface area (TPSA) is 51.2 Å². The summed E-state index contributed by atoms with van der Waals surface area (Å²) >= 11 is 0. The third-order valence-electron chi connectivity index (χ3n) is 4.17. The molecule has 1 heterocycles. The molecular weight excluding hydrogens is 246 g/mol. The van der Waals surface area contributed by atoms with Crippen molar-refractivity contribution in [2.45, 2.75) is 50.5 Å². The Bertz CT molecular complexity index is 258. The number of hydrogen-bond acceptors (Lipinski definition) is 5. The van der Waals surface area contributed by atoms with E-state index in [0.717, 1.165) is 38.9 Å². The third kappa shape index (κ3) is 4.13. The monoisotopic (exact) mass is 273 g/mol. The summed E-state index contributed by atoms with van der Waals surface area (Å²) in [6.07, 6.45) is 3.66. The van der Waals surface area contributed by atoms with Gasteiger partial charge >= 0.3 is 0 Å². The smallest absolute Gasteiger partial charge is 0.168 e. The minimum absolute atomic E-state index is 0.290. The molecule has 1 aliphatic carbocycles. The first-order valence-corrected chi connectivity index (χ1v) is 7.39. The molecule has 1 saturated heterocycles. The van der Waals surface area contributed by atoms with Crippen molar-refractivity contribution in [3.8, 4) is 0 Å². The Morgan fingerprint density at radius 1 is 1.32 bits per heavy atom. The fourth-order valence-electron chi connectivity index (χ4n) is 3.06. The highest BCUT2D eigenvalue weighted by atomic mass is 16.7. The summed E-state index contributed by atoms with van der Waals surface area (Å²) in [5.41, 5.74) is 0. The summed E-state index contributed by atoms with van der Waals surface area (Å²) in [5.74, 6) is -0.290. The predicted octanol–water partition coefficient (Wildman–Crippen LogP) is 1.00. The summed E-state index contributed by atoms with van der Waals surface area (Å²) in [4.78, 5) is 2.24. The van der Waals surface area contributed by atoms with E-state index in [4.69, 9.17) is 14.2 Å². The van der Waals surface area contributed by atoms with Crippen LogP contribution in [0.4, 0.5) is 0 Å². The van der Waals surface area contributed by atoms with Gasteiger partial charge in [0.1, 0.15) is 0 Å². The SMILES string of the molecule is CCOCC(O)CN(C)C1CCC2(CC1)OCCO2. The molecule has 1 N–H and O–H groups in total. The van der Waals surface area contributed by atoms with E-state index in [2.05, 4.69) is 11.9 Å². The van der Waals surface area contributed by atoms with Crippen LogP contribution < -0.4 is 0 Å². The molecule has 1 unspecified atom stereocenters. The van der Waals surface area contributed by atoms with Gasteiger partial charge in [-0.25, -0.2) is 0 Å². The Morgan fingerprint density at radius 3 is 2.53 bits per heavy atom. The standard InChI is InChI=1S/C14H27NO4/c1-3-17-11-13(16)10-15(2)12-4-6-14(7-5-12)18-8-9-19-14/h12-13,16H,3-11H2,1-2H3. The molecule has 0 aromatic heterocycles. The second-order valence-electron chi connectivity index (χ2n) is 5.59. The molecule has 2 aliphatic rings. The second-order valence-corrected chi connectivity index (χ2v) is 5.59. The van der Waals surface area contributed by atoms with Crippen LogP contribution >= 0.6 is 0 Å². The molecule has 0 radical (unpaired) electrons. The van der Waals surface area contributed by atoms with Crippen LogP contribution in [0.3, 0.4) is 0 Å². The van der Waals surface area contributed by atoms with Crippen LogP contribution in [-0.2, 0) is 14.2 Å². The summed E-state index contributed by atoms with van der Waals surface area (Å²) in [6.45, 7) is 5.14. The van der Waals surface area contributed by atoms with Crippen molar-refractivity contribution in [3.63, 3.8) is 0 Å². The van der Waals surface area contributed by atoms with Crippen LogP contribution in [0.5, 0.6) is 0 Å². The predicted molar refractivity (Wildman–Crippen MR) is 72.0 cm³/mol. The maximum Gasteiger partial charge on any atom is 0.168 e. The van der Waals surface area contributed by atoms with Crippen molar-refractivity contribution < 1.29 is 19.3 Å². The minimum Gasteiger partial charge on any atom is -0.389 e. The number of aliphatic hydroxyl groups is 1. The van der Waals surface area contributed by atoms with Crippen molar-refractivity contribution >= 4 is 0 Å². The average molecular weight is 273 g/mol. The van der Waals surface area contributed by atoms with Gasteiger partial charge in [-0.2, -0.15) is 0 Å². The Balaban J connectivity index is 1.71. The fraction of sp³-hybridized carbons (Fsp3) is 1.00. The highest BCUT2D eigenvalue weighted by molar-refractivity contribution is 4.86. The first kappa shape index (κ1) is 15.2. The van der Waals surface area contributed by atoms with Crippen molar-refractivity contribution in [2.24, 2.45) is 0 Å². The lowest BCUT2D eigenvalue weighted by molar-refractivity contribution is -0.183. The summed E-state index contributed by atoms with van der Waals surface area (Å²) in [7, 11) is 2.08. The molecule has 112 valence electrons. The van der Waals surface area contributed by atoms with E-state index < -0.39 is 6.10 Å². The summed E-state index contributed by atoms with van der Waals surface area (Å²) in [5, 5.41) is 9.87. The van der Waals surface area contributed by atoms with Gasteiger partial charge in [0.2, 0.25) is 0 Å². The van der Waals surface area contributed by atoms with Crippen molar-refractivity contribution in [1.29, 1.82) is 0 Å². The van der Waals surface area contributed by atoms with Crippen LogP contribution in [0, 0.1) is 0 Å². The molecule has 0 aromatic rings. The number of hydrogen-bond donors (Lipinski definition) is 1. The summed E-state index contributed by atoms with van der Waals surface area (Å²) < 4.78 is 16.7. The molecule has 0 bridgehead atoms. The highest BCUT2D eigenvalue weighted by Crippen LogP contribution is 2.37. The quantitative estimate of drug-likeness (QED) is 0.782. The molecule has 1 aliphatic heterocycles. The largest absolute Gasteiger partial charge is 0.389 e. The van der Waals surface area contributed by atoms with Gasteiger partial charge in [0.15, 0.2) is 5.79 Å². The van der Waals surface area contributed by atoms with Gasteiger partial charge in [-0.15, -0.1) is 0 Å². The second kappa shape index (κ2) is 6.99. The van der Waals surface area contributed by atoms with Gasteiger partial charge in [0.25, 0.3) is 0 Å². The highest BCUT2D eigenvalue weighted by Gasteiger charge is 2.41. The number of aliphatic hydroxyl groups excluding tert-OH is 1. The van der Waals surface area contributed by atoms with Gasteiger partial charge in [0.05, 0.1) is 25.9 Å². The van der Waals surface area contributed by atoms with E-state index in [-0.39, 0.29) is 5.79 Å². The van der Waals surface area contributed by atoms with E-state index >= 15 is 0 Å². The van der Waals surface area contributed by atoms with E-state index in [9.17, 15) is 5.11 Å². The lowest BCUT2D eigenvalue weighted by Gasteiger charge is -2.39. The number of nitrogens with zero attached hydrogens (tertiary/aromatic N) is 1. The van der Waals surface area contributed by atoms with Crippen LogP contribution in [0.2, 0.25) is 0 Å². The third-order valence-corrected chi connectivity index (χ3v) is 4.17. The average Bonchev–Trinajstić information content (AvgIpc) is 2.85. The molecule has 1 atom stereocenters. The molecule has 19 heavy (non-hydrogen) atoms. The Morgan fingerprint density at radius 2 is 1.95 bits per heavy atom. The lowest BCUT2D eigenvalue weighted by Crippen LogP contribution is -2.45. The fourth-order valence-corrected chi connectivity index (χ4v) is 3.06. The molecular formula is C14H27NO4. The first-order chi connectivity index (χ1) is 9.15. The van der Waals surface area contributed by atoms with Gasteiger partial charge in [0, 0.05) is 32.0 Å². The summed E-state index contributed by atoms with van der Waals surface area (Å²) in [6, 6.07) is 0.509. The molecule has 0 amide bonds. The number of likely N-dealkylation sites (N-methyl/N-ethyl adjacent to an activating group) is 1. The van der Waals surface area contributed by atoms with Crippen LogP contribution in [-0.4, -0.2) is 68.0 Å². The van der Waals surface area contributed by atoms with E-state index in [1.165, 1.54) is 0 Å². The van der Waals surface area contributed by atoms with Crippen molar-refractivity contribution in [3.05, 3.63) is 0 Å². The molecule has 1 spiro atoms. The van der Waals surface area contributed by atoms with Crippen LogP contribution in [0.25, 0.3) is 0 Å². The lowest BCUT2D eigenvalue weighted by atomic mass is 9.89. The molecule has 0 aromatic carbocycles. The van der Waals surface area contributed by atoms with E-state index in [1.54, 1.807) is 0 Å². The maximum absolute atomic E-state index is 9.87. The molecule has 2 rings (SSSR count). The van der Waals surface area contributed by atoms with E-state index in [1.807, 2.05) is 6.92 Å². The van der Waals surface area contributed by atoms with Gasteiger partial charge in [-0.05, 0) is 26.8 Å². The van der Waals surface area contributed by atoms with Gasteiger partial charge < -0.3 is 24.2 Å². The van der Waals surface area contributed by atoms with Gasteiger partial charge in [-0.3, -0.25) is 0 Å². The number of rotatable bonds is 6. The molecule has 2 fully saturated rings. The van der Waals surface area contributed by atoms with Crippen molar-refractivity contribution in [1.82, 2.24) is 4.90 Å². The van der Waals surface area contributed by atoms with Crippen LogP contribution in [0.1, 0.15) is 32.6 Å². The van der Waals surface area contributed by atoms with Crippen LogP contribution in [0.15, 0.2) is 0 Å². The Labute approximate surface area is 115 Å². The first-order valence-electron chi connectivity index (χ1n) is 7.39. The molecule has 5 nitrogen and oxygen atoms in total.